The number of fused-ring (bicyclic) bond motifs is 1. The lowest BCUT2D eigenvalue weighted by Gasteiger charge is -2.23. The van der Waals surface area contributed by atoms with Crippen molar-refractivity contribution in [3.05, 3.63) is 29.3 Å². The van der Waals surface area contributed by atoms with E-state index in [-0.39, 0.29) is 18.3 Å². The fourth-order valence-corrected chi connectivity index (χ4v) is 4.25. The highest BCUT2D eigenvalue weighted by atomic mass is 32.2. The Balaban J connectivity index is 2.29. The summed E-state index contributed by atoms with van der Waals surface area (Å²) in [4.78, 5) is 0.348. The molecule has 0 bridgehead atoms. The van der Waals surface area contributed by atoms with Crippen LogP contribution in [0.4, 0.5) is 0 Å². The van der Waals surface area contributed by atoms with E-state index in [4.69, 9.17) is 11.1 Å². The van der Waals surface area contributed by atoms with Gasteiger partial charge >= 0.3 is 0 Å². The molecule has 1 unspecified atom stereocenters. The molecular formula is C15H23N3O2S. The van der Waals surface area contributed by atoms with Crippen LogP contribution >= 0.6 is 0 Å². The molecule has 1 aliphatic carbocycles. The number of hydrogen-bond acceptors (Lipinski definition) is 3. The highest BCUT2D eigenvalue weighted by Crippen LogP contribution is 2.26. The van der Waals surface area contributed by atoms with E-state index in [1.165, 1.54) is 9.87 Å². The number of hydrogen-bond donors (Lipinski definition) is 2. The van der Waals surface area contributed by atoms with E-state index >= 15 is 0 Å². The van der Waals surface area contributed by atoms with Crippen molar-refractivity contribution in [2.45, 2.75) is 38.0 Å². The number of nitrogens with two attached hydrogens (primary N) is 1. The molecule has 2 rings (SSSR count). The van der Waals surface area contributed by atoms with Crippen LogP contribution in [0.3, 0.4) is 0 Å². The minimum Gasteiger partial charge on any atom is -0.387 e. The minimum atomic E-state index is -3.52. The van der Waals surface area contributed by atoms with E-state index in [2.05, 4.69) is 0 Å². The predicted molar refractivity (Wildman–Crippen MR) is 84.0 cm³/mol. The van der Waals surface area contributed by atoms with E-state index in [0.29, 0.717) is 11.4 Å². The summed E-state index contributed by atoms with van der Waals surface area (Å²) in [6, 6.07) is 5.43. The largest absolute Gasteiger partial charge is 0.387 e. The molecule has 5 nitrogen and oxygen atoms in total. The average molecular weight is 309 g/mol. The third kappa shape index (κ3) is 3.27. The molecule has 0 aliphatic heterocycles. The topological polar surface area (TPSA) is 87.2 Å². The van der Waals surface area contributed by atoms with Crippen molar-refractivity contribution in [2.75, 3.05) is 13.1 Å². The summed E-state index contributed by atoms with van der Waals surface area (Å²) in [7, 11) is -3.52. The Morgan fingerprint density at radius 2 is 2.05 bits per heavy atom. The minimum absolute atomic E-state index is 0.0117. The van der Waals surface area contributed by atoms with Gasteiger partial charge in [0.1, 0.15) is 0 Å². The molecule has 6 heteroatoms. The van der Waals surface area contributed by atoms with Crippen molar-refractivity contribution in [3.63, 3.8) is 0 Å². The highest BCUT2D eigenvalue weighted by Gasteiger charge is 2.26. The zero-order valence-electron chi connectivity index (χ0n) is 12.6. The Morgan fingerprint density at radius 1 is 1.38 bits per heavy atom. The maximum absolute atomic E-state index is 12.7. The van der Waals surface area contributed by atoms with Crippen LogP contribution in [0, 0.1) is 11.3 Å². The van der Waals surface area contributed by atoms with Crippen LogP contribution < -0.4 is 5.73 Å². The van der Waals surface area contributed by atoms with Gasteiger partial charge in [0.25, 0.3) is 0 Å². The summed E-state index contributed by atoms with van der Waals surface area (Å²) < 4.78 is 26.9. The number of nitrogens with zero attached hydrogens (tertiary/aromatic N) is 1. The molecule has 1 atom stereocenters. The maximum Gasteiger partial charge on any atom is 0.243 e. The molecule has 1 aromatic carbocycles. The fourth-order valence-electron chi connectivity index (χ4n) is 2.66. The Bertz CT molecular complexity index is 640. The molecule has 0 aromatic heterocycles. The molecule has 1 aromatic rings. The first-order chi connectivity index (χ1) is 9.86. The lowest BCUT2D eigenvalue weighted by molar-refractivity contribution is 0.403. The second kappa shape index (κ2) is 6.15. The van der Waals surface area contributed by atoms with Gasteiger partial charge in [-0.25, -0.2) is 8.42 Å². The molecule has 0 saturated heterocycles. The predicted octanol–water partition coefficient (Wildman–Crippen LogP) is 1.76. The van der Waals surface area contributed by atoms with Crippen molar-refractivity contribution in [2.24, 2.45) is 11.7 Å². The summed E-state index contributed by atoms with van der Waals surface area (Å²) in [6.45, 7) is 4.18. The molecule has 0 amide bonds. The zero-order chi connectivity index (χ0) is 15.6. The zero-order valence-corrected chi connectivity index (χ0v) is 13.4. The second-order valence-corrected chi connectivity index (χ2v) is 7.53. The molecule has 0 saturated carbocycles. The van der Waals surface area contributed by atoms with Crippen molar-refractivity contribution < 1.29 is 8.42 Å². The third-order valence-corrected chi connectivity index (χ3v) is 6.01. The van der Waals surface area contributed by atoms with Gasteiger partial charge in [-0.15, -0.1) is 0 Å². The second-order valence-electron chi connectivity index (χ2n) is 5.60. The molecule has 0 heterocycles. The molecule has 21 heavy (non-hydrogen) atoms. The summed E-state index contributed by atoms with van der Waals surface area (Å²) in [5.41, 5.74) is 7.86. The van der Waals surface area contributed by atoms with Crippen LogP contribution in [-0.4, -0.2) is 31.6 Å². The molecule has 3 N–H and O–H groups in total. The summed E-state index contributed by atoms with van der Waals surface area (Å²) in [5.74, 6) is -0.272. The molecule has 0 fully saturated rings. The number of rotatable bonds is 6. The van der Waals surface area contributed by atoms with Crippen molar-refractivity contribution >= 4 is 15.9 Å². The standard InChI is InChI=1S/C15H23N3O2S/c1-3-18(10-11(2)15(16)17)21(19,20)14-8-7-12-5-4-6-13(12)9-14/h7-9,11H,3-6,10H2,1-2H3,(H3,16,17). The van der Waals surface area contributed by atoms with Crippen LogP contribution in [0.15, 0.2) is 23.1 Å². The van der Waals surface area contributed by atoms with Crippen molar-refractivity contribution in [1.29, 1.82) is 5.41 Å². The van der Waals surface area contributed by atoms with Gasteiger partial charge in [0.2, 0.25) is 10.0 Å². The van der Waals surface area contributed by atoms with Crippen LogP contribution in [0.2, 0.25) is 0 Å². The SMILES string of the molecule is CCN(CC(C)C(=N)N)S(=O)(=O)c1ccc2c(c1)CCC2. The molecular weight excluding hydrogens is 286 g/mol. The Hall–Kier alpha value is -1.40. The lowest BCUT2D eigenvalue weighted by Crippen LogP contribution is -2.38. The van der Waals surface area contributed by atoms with E-state index in [1.54, 1.807) is 26.0 Å². The summed E-state index contributed by atoms with van der Waals surface area (Å²) in [6.07, 6.45) is 3.08. The van der Waals surface area contributed by atoms with Gasteiger partial charge in [0, 0.05) is 19.0 Å². The normalized spacial score (nSPS) is 16.0. The molecule has 116 valence electrons. The lowest BCUT2D eigenvalue weighted by atomic mass is 10.1. The maximum atomic E-state index is 12.7. The Labute approximate surface area is 126 Å². The smallest absolute Gasteiger partial charge is 0.243 e. The fraction of sp³-hybridized carbons (Fsp3) is 0.533. The van der Waals surface area contributed by atoms with Gasteiger partial charge in [0.15, 0.2) is 0 Å². The average Bonchev–Trinajstić information content (AvgIpc) is 2.91. The van der Waals surface area contributed by atoms with Crippen LogP contribution in [-0.2, 0) is 22.9 Å². The van der Waals surface area contributed by atoms with Gasteiger partial charge in [-0.1, -0.05) is 19.9 Å². The Kier molecular flexibility index (Phi) is 4.68. The highest BCUT2D eigenvalue weighted by molar-refractivity contribution is 7.89. The monoisotopic (exact) mass is 309 g/mol. The first kappa shape index (κ1) is 16.0. The number of aryl methyl sites for hydroxylation is 2. The van der Waals surface area contributed by atoms with Crippen LogP contribution in [0.5, 0.6) is 0 Å². The number of amidine groups is 1. The third-order valence-electron chi connectivity index (χ3n) is 4.07. The van der Waals surface area contributed by atoms with Gasteiger partial charge in [-0.3, -0.25) is 5.41 Å². The van der Waals surface area contributed by atoms with Gasteiger partial charge in [-0.2, -0.15) is 4.31 Å². The first-order valence-electron chi connectivity index (χ1n) is 7.32. The molecule has 1 aliphatic rings. The first-order valence-corrected chi connectivity index (χ1v) is 8.76. The van der Waals surface area contributed by atoms with E-state index in [0.717, 1.165) is 24.8 Å². The van der Waals surface area contributed by atoms with Crippen molar-refractivity contribution in [3.8, 4) is 0 Å². The van der Waals surface area contributed by atoms with E-state index in [9.17, 15) is 8.42 Å². The quantitative estimate of drug-likeness (QED) is 0.620. The number of nitrogens with one attached hydrogen (secondary N) is 1. The number of sulfonamides is 1. The Morgan fingerprint density at radius 3 is 2.67 bits per heavy atom. The van der Waals surface area contributed by atoms with Gasteiger partial charge < -0.3 is 5.73 Å². The number of benzene rings is 1. The summed E-state index contributed by atoms with van der Waals surface area (Å²) in [5, 5.41) is 7.43. The summed E-state index contributed by atoms with van der Waals surface area (Å²) >= 11 is 0. The van der Waals surface area contributed by atoms with Gasteiger partial charge in [0.05, 0.1) is 10.7 Å². The molecule has 0 spiro atoms. The van der Waals surface area contributed by atoms with Crippen LogP contribution in [0.1, 0.15) is 31.4 Å². The van der Waals surface area contributed by atoms with E-state index < -0.39 is 10.0 Å². The van der Waals surface area contributed by atoms with Gasteiger partial charge in [-0.05, 0) is 42.5 Å². The van der Waals surface area contributed by atoms with Crippen molar-refractivity contribution in [1.82, 2.24) is 4.31 Å². The van der Waals surface area contributed by atoms with E-state index in [1.807, 2.05) is 6.07 Å². The van der Waals surface area contributed by atoms with Crippen LogP contribution in [0.25, 0.3) is 0 Å². The molecule has 0 radical (unpaired) electrons.